The van der Waals surface area contributed by atoms with Crippen LogP contribution >= 0.6 is 23.2 Å². The van der Waals surface area contributed by atoms with Gasteiger partial charge in [-0.1, -0.05) is 23.2 Å². The van der Waals surface area contributed by atoms with Gasteiger partial charge >= 0.3 is 6.18 Å². The van der Waals surface area contributed by atoms with Gasteiger partial charge in [-0.05, 0) is 29.8 Å². The summed E-state index contributed by atoms with van der Waals surface area (Å²) in [6.45, 7) is 0.921. The van der Waals surface area contributed by atoms with E-state index in [9.17, 15) is 18.4 Å². The van der Waals surface area contributed by atoms with Gasteiger partial charge in [0.15, 0.2) is 11.5 Å². The Morgan fingerprint density at radius 3 is 2.56 bits per heavy atom. The van der Waals surface area contributed by atoms with Crippen molar-refractivity contribution >= 4 is 34.9 Å². The fourth-order valence-electron chi connectivity index (χ4n) is 2.45. The highest BCUT2D eigenvalue weighted by molar-refractivity contribution is 6.33. The molecule has 4 nitrogen and oxygen atoms in total. The highest BCUT2D eigenvalue weighted by Crippen LogP contribution is 2.39. The van der Waals surface area contributed by atoms with Crippen molar-refractivity contribution in [3.8, 4) is 17.6 Å². The Morgan fingerprint density at radius 1 is 1.15 bits per heavy atom. The zero-order valence-electron chi connectivity index (χ0n) is 13.6. The van der Waals surface area contributed by atoms with E-state index in [4.69, 9.17) is 32.7 Å². The lowest BCUT2D eigenvalue weighted by molar-refractivity contribution is -0.137. The van der Waals surface area contributed by atoms with E-state index in [0.29, 0.717) is 47.9 Å². The third-order valence-electron chi connectivity index (χ3n) is 3.68. The number of rotatable bonds is 2. The van der Waals surface area contributed by atoms with Crippen LogP contribution in [0.5, 0.6) is 11.5 Å². The number of fused-ring (bicyclic) bond motifs is 1. The fraction of sp³-hybridized carbons (Fsp3) is 0.222. The Labute approximate surface area is 162 Å². The summed E-state index contributed by atoms with van der Waals surface area (Å²) in [4.78, 5) is 3.71. The van der Waals surface area contributed by atoms with Gasteiger partial charge in [0.05, 0.1) is 40.1 Å². The molecule has 2 aromatic rings. The molecule has 1 aliphatic heterocycles. The van der Waals surface area contributed by atoms with Crippen LogP contribution in [0.25, 0.3) is 11.6 Å². The van der Waals surface area contributed by atoms with Gasteiger partial charge in [-0.3, -0.25) is 4.98 Å². The number of allylic oxidation sites excluding steroid dienone is 1. The summed E-state index contributed by atoms with van der Waals surface area (Å²) in [5, 5.41) is 9.44. The number of aromatic nitrogens is 1. The Hall–Kier alpha value is -2.43. The molecule has 1 aromatic carbocycles. The molecular weight excluding hydrogens is 404 g/mol. The van der Waals surface area contributed by atoms with Gasteiger partial charge in [0, 0.05) is 12.6 Å². The summed E-state index contributed by atoms with van der Waals surface area (Å²) in [5.74, 6) is 0.838. The Kier molecular flexibility index (Phi) is 5.49. The van der Waals surface area contributed by atoms with Gasteiger partial charge < -0.3 is 9.47 Å². The average molecular weight is 415 g/mol. The zero-order chi connectivity index (χ0) is 19.6. The molecule has 0 N–H and O–H groups in total. The van der Waals surface area contributed by atoms with Crippen molar-refractivity contribution in [2.45, 2.75) is 12.6 Å². The maximum atomic E-state index is 12.7. The number of halogens is 5. The van der Waals surface area contributed by atoms with Gasteiger partial charge in [0.25, 0.3) is 0 Å². The van der Waals surface area contributed by atoms with Crippen LogP contribution in [0.3, 0.4) is 0 Å². The molecule has 0 fully saturated rings. The maximum Gasteiger partial charge on any atom is 0.417 e. The van der Waals surface area contributed by atoms with E-state index in [0.717, 1.165) is 6.07 Å². The molecule has 0 unspecified atom stereocenters. The average Bonchev–Trinajstić information content (AvgIpc) is 2.85. The molecule has 0 bridgehead atoms. The maximum absolute atomic E-state index is 12.7. The second-order valence-electron chi connectivity index (χ2n) is 5.60. The van der Waals surface area contributed by atoms with Gasteiger partial charge in [-0.15, -0.1) is 0 Å². The van der Waals surface area contributed by atoms with Crippen molar-refractivity contribution in [3.05, 3.63) is 51.3 Å². The van der Waals surface area contributed by atoms with Crippen LogP contribution in [0, 0.1) is 11.3 Å². The monoisotopic (exact) mass is 414 g/mol. The smallest absolute Gasteiger partial charge is 0.417 e. The largest absolute Gasteiger partial charge is 0.489 e. The number of nitrogens with zero attached hydrogens (tertiary/aromatic N) is 2. The van der Waals surface area contributed by atoms with Gasteiger partial charge in [0.2, 0.25) is 0 Å². The second kappa shape index (κ2) is 7.67. The SMILES string of the molecule is N#C/C(=C/c1cc(Cl)c2c(c1)OCCCO2)c1ncc(C(F)(F)F)cc1Cl. The second-order valence-corrected chi connectivity index (χ2v) is 6.42. The Bertz CT molecular complexity index is 953. The molecule has 0 radical (unpaired) electrons. The summed E-state index contributed by atoms with van der Waals surface area (Å²) in [7, 11) is 0. The van der Waals surface area contributed by atoms with Crippen molar-refractivity contribution in [2.24, 2.45) is 0 Å². The lowest BCUT2D eigenvalue weighted by Crippen LogP contribution is -2.06. The minimum atomic E-state index is -4.58. The van der Waals surface area contributed by atoms with Crippen LogP contribution < -0.4 is 9.47 Å². The number of ether oxygens (including phenoxy) is 2. The van der Waals surface area contributed by atoms with E-state index in [1.165, 1.54) is 6.08 Å². The van der Waals surface area contributed by atoms with Crippen molar-refractivity contribution in [2.75, 3.05) is 13.2 Å². The molecule has 3 rings (SSSR count). The molecule has 2 heterocycles. The third-order valence-corrected chi connectivity index (χ3v) is 4.25. The van der Waals surface area contributed by atoms with E-state index in [1.54, 1.807) is 12.1 Å². The predicted octanol–water partition coefficient (Wildman–Crippen LogP) is 5.63. The van der Waals surface area contributed by atoms with Crippen LogP contribution in [0.15, 0.2) is 24.4 Å². The molecule has 1 aliphatic rings. The topological polar surface area (TPSA) is 55.1 Å². The molecule has 27 heavy (non-hydrogen) atoms. The molecule has 0 atom stereocenters. The number of benzene rings is 1. The van der Waals surface area contributed by atoms with Crippen LogP contribution in [0.1, 0.15) is 23.2 Å². The number of nitriles is 1. The number of hydrogen-bond acceptors (Lipinski definition) is 4. The molecule has 1 aromatic heterocycles. The van der Waals surface area contributed by atoms with Crippen molar-refractivity contribution < 1.29 is 22.6 Å². The molecule has 0 aliphatic carbocycles. The molecule has 0 saturated carbocycles. The number of pyridine rings is 1. The van der Waals surface area contributed by atoms with Gasteiger partial charge in [-0.25, -0.2) is 0 Å². The minimum absolute atomic E-state index is 0.0146. The summed E-state index contributed by atoms with van der Waals surface area (Å²) < 4.78 is 49.4. The summed E-state index contributed by atoms with van der Waals surface area (Å²) in [5.41, 5.74) is -0.569. The lowest BCUT2D eigenvalue weighted by Gasteiger charge is -2.11. The van der Waals surface area contributed by atoms with Crippen LogP contribution in [0.2, 0.25) is 10.0 Å². The summed E-state index contributed by atoms with van der Waals surface area (Å²) in [6.07, 6.45) is -1.83. The quantitative estimate of drug-likeness (QED) is 0.597. The molecule has 9 heteroatoms. The van der Waals surface area contributed by atoms with E-state index < -0.39 is 11.7 Å². The standard InChI is InChI=1S/C18H11Cl2F3N2O2/c19-13-7-12(18(21,22)23)9-25-16(13)11(8-24)4-10-5-14(20)17-15(6-10)26-2-1-3-27-17/h4-7,9H,1-3H2/b11-4-. The van der Waals surface area contributed by atoms with Crippen molar-refractivity contribution in [1.29, 1.82) is 5.26 Å². The van der Waals surface area contributed by atoms with Gasteiger partial charge in [0.1, 0.15) is 6.07 Å². The van der Waals surface area contributed by atoms with Crippen LogP contribution in [0.4, 0.5) is 13.2 Å². The van der Waals surface area contributed by atoms with E-state index >= 15 is 0 Å². The first-order valence-electron chi connectivity index (χ1n) is 7.73. The fourth-order valence-corrected chi connectivity index (χ4v) is 2.99. The number of hydrogen-bond donors (Lipinski definition) is 0. The van der Waals surface area contributed by atoms with E-state index in [2.05, 4.69) is 4.98 Å². The predicted molar refractivity (Wildman–Crippen MR) is 94.8 cm³/mol. The van der Waals surface area contributed by atoms with Crippen molar-refractivity contribution in [1.82, 2.24) is 4.98 Å². The molecule has 0 saturated heterocycles. The minimum Gasteiger partial charge on any atom is -0.489 e. The first-order chi connectivity index (χ1) is 12.8. The summed E-state index contributed by atoms with van der Waals surface area (Å²) in [6, 6.07) is 5.81. The van der Waals surface area contributed by atoms with Crippen molar-refractivity contribution in [3.63, 3.8) is 0 Å². The molecule has 0 amide bonds. The van der Waals surface area contributed by atoms with E-state index in [-0.39, 0.29) is 16.3 Å². The van der Waals surface area contributed by atoms with E-state index in [1.807, 2.05) is 6.07 Å². The Morgan fingerprint density at radius 2 is 1.89 bits per heavy atom. The normalized spacial score (nSPS) is 14.4. The Balaban J connectivity index is 2.02. The summed E-state index contributed by atoms with van der Waals surface area (Å²) >= 11 is 12.1. The zero-order valence-corrected chi connectivity index (χ0v) is 15.1. The first kappa shape index (κ1) is 19.3. The molecular formula is C18H11Cl2F3N2O2. The highest BCUT2D eigenvalue weighted by atomic mass is 35.5. The number of alkyl halides is 3. The first-order valence-corrected chi connectivity index (χ1v) is 8.49. The molecule has 0 spiro atoms. The van der Waals surface area contributed by atoms with Crippen LogP contribution in [-0.2, 0) is 6.18 Å². The van der Waals surface area contributed by atoms with Crippen LogP contribution in [-0.4, -0.2) is 18.2 Å². The third kappa shape index (κ3) is 4.29. The molecule has 140 valence electrons. The van der Waals surface area contributed by atoms with Gasteiger partial charge in [-0.2, -0.15) is 18.4 Å². The highest BCUT2D eigenvalue weighted by Gasteiger charge is 2.31. The lowest BCUT2D eigenvalue weighted by atomic mass is 10.1.